The van der Waals surface area contributed by atoms with Crippen molar-refractivity contribution >= 4 is 11.9 Å². The highest BCUT2D eigenvalue weighted by atomic mass is 19.3. The van der Waals surface area contributed by atoms with Crippen LogP contribution >= 0.6 is 0 Å². The monoisotopic (exact) mass is 486 g/mol. The third kappa shape index (κ3) is 5.24. The molecule has 11 heteroatoms. The number of nitrogens with zero attached hydrogens (tertiary/aromatic N) is 3. The zero-order valence-corrected chi connectivity index (χ0v) is 18.4. The van der Waals surface area contributed by atoms with E-state index < -0.39 is 29.8 Å². The molecule has 0 aliphatic carbocycles. The minimum absolute atomic E-state index is 0.0226. The van der Waals surface area contributed by atoms with E-state index in [4.69, 9.17) is 4.74 Å². The van der Waals surface area contributed by atoms with Gasteiger partial charge in [0.1, 0.15) is 17.2 Å². The van der Waals surface area contributed by atoms with Crippen molar-refractivity contribution in [3.8, 4) is 28.4 Å². The molecule has 0 radical (unpaired) electrons. The Kier molecular flexibility index (Phi) is 6.67. The lowest BCUT2D eigenvalue weighted by Gasteiger charge is -2.12. The molecule has 0 aliphatic heterocycles. The number of anilines is 1. The molecule has 0 atom stereocenters. The number of amides is 1. The van der Waals surface area contributed by atoms with E-state index in [1.54, 1.807) is 25.3 Å². The first kappa shape index (κ1) is 23.7. The molecule has 4 rings (SSSR count). The van der Waals surface area contributed by atoms with Gasteiger partial charge in [0.25, 0.3) is 5.91 Å². The Balaban J connectivity index is 1.75. The molecule has 2 aromatic carbocycles. The molecule has 1 amide bonds. The molecule has 180 valence electrons. The van der Waals surface area contributed by atoms with Crippen LogP contribution in [0, 0.1) is 18.6 Å². The van der Waals surface area contributed by atoms with Crippen molar-refractivity contribution in [1.29, 1.82) is 0 Å². The first-order valence-electron chi connectivity index (χ1n) is 10.2. The number of aromatic nitrogens is 3. The van der Waals surface area contributed by atoms with E-state index in [2.05, 4.69) is 20.0 Å². The maximum atomic E-state index is 14.9. The van der Waals surface area contributed by atoms with Crippen LogP contribution in [0.3, 0.4) is 0 Å². The minimum Gasteiger partial charge on any atom is -0.497 e. The van der Waals surface area contributed by atoms with Gasteiger partial charge in [-0.15, -0.1) is 0 Å². The van der Waals surface area contributed by atoms with Gasteiger partial charge in [0.2, 0.25) is 5.95 Å². The minimum atomic E-state index is -3.01. The fourth-order valence-electron chi connectivity index (χ4n) is 3.33. The van der Waals surface area contributed by atoms with E-state index in [0.717, 1.165) is 16.7 Å². The number of hydrogen-bond acceptors (Lipinski definition) is 5. The number of rotatable bonds is 7. The number of alkyl halides is 2. The first-order chi connectivity index (χ1) is 16.7. The lowest BCUT2D eigenvalue weighted by molar-refractivity contribution is -0.0498. The van der Waals surface area contributed by atoms with E-state index in [0.29, 0.717) is 17.0 Å². The van der Waals surface area contributed by atoms with Crippen molar-refractivity contribution in [3.05, 3.63) is 83.8 Å². The Morgan fingerprint density at radius 3 is 2.31 bits per heavy atom. The molecule has 4 aromatic rings. The Hall–Kier alpha value is -4.41. The summed E-state index contributed by atoms with van der Waals surface area (Å²) < 4.78 is 64.7. The van der Waals surface area contributed by atoms with Gasteiger partial charge in [0.05, 0.1) is 12.8 Å². The fraction of sp³-hybridized carbons (Fsp3) is 0.125. The van der Waals surface area contributed by atoms with Crippen molar-refractivity contribution in [2.24, 2.45) is 0 Å². The standard InChI is InChI=1S/C24H18F4N4O3/c1-13-9-15(7-8-29-13)20-12-32(21-18(25)10-17(34-2)11-19(21)26)24(30-20)31-22(33)14-3-5-16(6-4-14)35-23(27)28/h3-12,23H,1-2H3,(H,30,31,33). The lowest BCUT2D eigenvalue weighted by atomic mass is 10.2. The molecule has 35 heavy (non-hydrogen) atoms. The summed E-state index contributed by atoms with van der Waals surface area (Å²) in [6.07, 6.45) is 2.93. The lowest BCUT2D eigenvalue weighted by Crippen LogP contribution is -2.16. The molecule has 7 nitrogen and oxygen atoms in total. The van der Waals surface area contributed by atoms with Gasteiger partial charge in [0, 0.05) is 41.3 Å². The summed E-state index contributed by atoms with van der Waals surface area (Å²) in [5.74, 6) is -2.90. The second-order valence-corrected chi connectivity index (χ2v) is 7.30. The van der Waals surface area contributed by atoms with E-state index >= 15 is 0 Å². The SMILES string of the molecule is COc1cc(F)c(-n2cc(-c3ccnc(C)c3)nc2NC(=O)c2ccc(OC(F)F)cc2)c(F)c1. The van der Waals surface area contributed by atoms with Gasteiger partial charge >= 0.3 is 6.61 Å². The molecule has 0 unspecified atom stereocenters. The van der Waals surface area contributed by atoms with Gasteiger partial charge in [-0.2, -0.15) is 8.78 Å². The van der Waals surface area contributed by atoms with Crippen LogP contribution in [0.1, 0.15) is 16.1 Å². The number of aryl methyl sites for hydroxylation is 1. The second kappa shape index (κ2) is 9.84. The molecule has 2 heterocycles. The Labute approximate surface area is 197 Å². The van der Waals surface area contributed by atoms with Crippen LogP contribution in [0.2, 0.25) is 0 Å². The molecular formula is C24H18F4N4O3. The number of methoxy groups -OCH3 is 1. The number of carbonyl (C=O) groups is 1. The Bertz CT molecular complexity index is 1350. The molecular weight excluding hydrogens is 468 g/mol. The highest BCUT2D eigenvalue weighted by Crippen LogP contribution is 2.30. The summed E-state index contributed by atoms with van der Waals surface area (Å²) >= 11 is 0. The topological polar surface area (TPSA) is 78.3 Å². The molecule has 0 saturated heterocycles. The molecule has 2 aromatic heterocycles. The van der Waals surface area contributed by atoms with E-state index in [9.17, 15) is 22.4 Å². The maximum absolute atomic E-state index is 14.9. The molecule has 0 bridgehead atoms. The summed E-state index contributed by atoms with van der Waals surface area (Å²) in [5, 5.41) is 2.52. The van der Waals surface area contributed by atoms with Crippen LogP contribution in [0.4, 0.5) is 23.5 Å². The van der Waals surface area contributed by atoms with E-state index in [-0.39, 0.29) is 23.0 Å². The van der Waals surface area contributed by atoms with Crippen LogP contribution in [0.15, 0.2) is 60.9 Å². The highest BCUT2D eigenvalue weighted by molar-refractivity contribution is 6.03. The summed E-state index contributed by atoms with van der Waals surface area (Å²) in [4.78, 5) is 21.3. The molecule has 0 saturated carbocycles. The number of benzene rings is 2. The average molecular weight is 486 g/mol. The van der Waals surface area contributed by atoms with Gasteiger partial charge in [0.15, 0.2) is 11.6 Å². The van der Waals surface area contributed by atoms with Gasteiger partial charge in [-0.1, -0.05) is 0 Å². The van der Waals surface area contributed by atoms with Crippen molar-refractivity contribution in [2.75, 3.05) is 12.4 Å². The van der Waals surface area contributed by atoms with Crippen molar-refractivity contribution in [3.63, 3.8) is 0 Å². The van der Waals surface area contributed by atoms with Crippen molar-refractivity contribution < 1.29 is 31.8 Å². The van der Waals surface area contributed by atoms with E-state index in [1.165, 1.54) is 37.6 Å². The Morgan fingerprint density at radius 2 is 1.71 bits per heavy atom. The number of ether oxygens (including phenoxy) is 2. The first-order valence-corrected chi connectivity index (χ1v) is 10.2. The maximum Gasteiger partial charge on any atom is 0.387 e. The fourth-order valence-corrected chi connectivity index (χ4v) is 3.33. The summed E-state index contributed by atoms with van der Waals surface area (Å²) in [7, 11) is 1.28. The van der Waals surface area contributed by atoms with Crippen LogP contribution < -0.4 is 14.8 Å². The summed E-state index contributed by atoms with van der Waals surface area (Å²) in [5.41, 5.74) is 1.22. The third-order valence-electron chi connectivity index (χ3n) is 4.93. The predicted octanol–water partition coefficient (Wildman–Crippen LogP) is 5.38. The normalized spacial score (nSPS) is 10.9. The summed E-state index contributed by atoms with van der Waals surface area (Å²) in [6, 6.07) is 10.3. The van der Waals surface area contributed by atoms with E-state index in [1.807, 2.05) is 0 Å². The smallest absolute Gasteiger partial charge is 0.387 e. The van der Waals surface area contributed by atoms with Gasteiger partial charge in [-0.05, 0) is 43.3 Å². The van der Waals surface area contributed by atoms with Crippen LogP contribution in [0.5, 0.6) is 11.5 Å². The van der Waals surface area contributed by atoms with Crippen LogP contribution in [-0.4, -0.2) is 34.2 Å². The largest absolute Gasteiger partial charge is 0.497 e. The second-order valence-electron chi connectivity index (χ2n) is 7.30. The number of carbonyl (C=O) groups excluding carboxylic acids is 1. The zero-order chi connectivity index (χ0) is 25.1. The number of nitrogens with one attached hydrogen (secondary N) is 1. The zero-order valence-electron chi connectivity index (χ0n) is 18.4. The Morgan fingerprint density at radius 1 is 1.03 bits per heavy atom. The predicted molar refractivity (Wildman–Crippen MR) is 119 cm³/mol. The van der Waals surface area contributed by atoms with Crippen molar-refractivity contribution in [1.82, 2.24) is 14.5 Å². The number of halogens is 4. The summed E-state index contributed by atoms with van der Waals surface area (Å²) in [6.45, 7) is -1.24. The number of imidazole rings is 1. The quantitative estimate of drug-likeness (QED) is 0.355. The van der Waals surface area contributed by atoms with Crippen LogP contribution in [0.25, 0.3) is 16.9 Å². The van der Waals surface area contributed by atoms with Gasteiger partial charge in [-0.25, -0.2) is 13.8 Å². The third-order valence-corrected chi connectivity index (χ3v) is 4.93. The van der Waals surface area contributed by atoms with Gasteiger partial charge < -0.3 is 9.47 Å². The van der Waals surface area contributed by atoms with Crippen LogP contribution in [-0.2, 0) is 0 Å². The molecule has 0 spiro atoms. The van der Waals surface area contributed by atoms with Gasteiger partial charge in [-0.3, -0.25) is 19.7 Å². The molecule has 0 aliphatic rings. The molecule has 1 N–H and O–H groups in total. The number of hydrogen-bond donors (Lipinski definition) is 1. The highest BCUT2D eigenvalue weighted by Gasteiger charge is 2.21. The number of pyridine rings is 1. The van der Waals surface area contributed by atoms with Crippen molar-refractivity contribution in [2.45, 2.75) is 13.5 Å². The average Bonchev–Trinajstić information content (AvgIpc) is 3.21. The molecule has 0 fully saturated rings.